The zero-order valence-corrected chi connectivity index (χ0v) is 9.55. The van der Waals surface area contributed by atoms with Gasteiger partial charge in [0.25, 0.3) is 0 Å². The smallest absolute Gasteiger partial charge is 0.308 e. The summed E-state index contributed by atoms with van der Waals surface area (Å²) in [6.07, 6.45) is -1.05. The number of benzene rings is 1. The Morgan fingerprint density at radius 2 is 2.24 bits per heavy atom. The van der Waals surface area contributed by atoms with E-state index in [4.69, 9.17) is 9.15 Å². The molecule has 1 heterocycles. The SMILES string of the molecule is CCOC(=O)C[C@H](O)c1cc2ccccc2o1. The molecule has 0 spiro atoms. The second-order valence-electron chi connectivity index (χ2n) is 3.71. The van der Waals surface area contributed by atoms with Gasteiger partial charge in [-0.05, 0) is 19.1 Å². The third-order valence-corrected chi connectivity index (χ3v) is 2.44. The molecule has 0 aliphatic rings. The van der Waals surface area contributed by atoms with Gasteiger partial charge in [0.2, 0.25) is 0 Å². The molecule has 1 atom stereocenters. The lowest BCUT2D eigenvalue weighted by atomic mass is 10.2. The monoisotopic (exact) mass is 234 g/mol. The first-order valence-corrected chi connectivity index (χ1v) is 5.53. The highest BCUT2D eigenvalue weighted by molar-refractivity contribution is 5.78. The van der Waals surface area contributed by atoms with Gasteiger partial charge in [0.15, 0.2) is 0 Å². The molecule has 2 aromatic rings. The quantitative estimate of drug-likeness (QED) is 0.825. The molecule has 4 nitrogen and oxygen atoms in total. The summed E-state index contributed by atoms with van der Waals surface area (Å²) in [5.41, 5.74) is 0.699. The molecular weight excluding hydrogens is 220 g/mol. The molecule has 90 valence electrons. The van der Waals surface area contributed by atoms with E-state index in [0.717, 1.165) is 5.39 Å². The number of ether oxygens (including phenoxy) is 1. The highest BCUT2D eigenvalue weighted by Crippen LogP contribution is 2.25. The molecule has 0 fully saturated rings. The Labute approximate surface area is 98.8 Å². The van der Waals surface area contributed by atoms with Crippen LogP contribution in [0.4, 0.5) is 0 Å². The van der Waals surface area contributed by atoms with Gasteiger partial charge in [0.05, 0.1) is 13.0 Å². The van der Waals surface area contributed by atoms with Gasteiger partial charge >= 0.3 is 5.97 Å². The van der Waals surface area contributed by atoms with Crippen LogP contribution in [0, 0.1) is 0 Å². The van der Waals surface area contributed by atoms with Crippen LogP contribution in [0.15, 0.2) is 34.7 Å². The maximum Gasteiger partial charge on any atom is 0.308 e. The van der Waals surface area contributed by atoms with Crippen LogP contribution in [0.2, 0.25) is 0 Å². The average Bonchev–Trinajstić information content (AvgIpc) is 2.72. The van der Waals surface area contributed by atoms with Crippen molar-refractivity contribution in [3.63, 3.8) is 0 Å². The largest absolute Gasteiger partial charge is 0.466 e. The van der Waals surface area contributed by atoms with Crippen LogP contribution in [0.5, 0.6) is 0 Å². The first-order chi connectivity index (χ1) is 8.20. The van der Waals surface area contributed by atoms with Crippen LogP contribution >= 0.6 is 0 Å². The van der Waals surface area contributed by atoms with Gasteiger partial charge in [-0.1, -0.05) is 18.2 Å². The Hall–Kier alpha value is -1.81. The van der Waals surface area contributed by atoms with E-state index in [0.29, 0.717) is 18.0 Å². The first-order valence-electron chi connectivity index (χ1n) is 5.53. The minimum atomic E-state index is -0.957. The van der Waals surface area contributed by atoms with Crippen molar-refractivity contribution in [2.24, 2.45) is 0 Å². The fourth-order valence-corrected chi connectivity index (χ4v) is 1.65. The number of furan rings is 1. The van der Waals surface area contributed by atoms with E-state index in [1.54, 1.807) is 13.0 Å². The van der Waals surface area contributed by atoms with Crippen molar-refractivity contribution in [3.8, 4) is 0 Å². The van der Waals surface area contributed by atoms with Gasteiger partial charge in [0.1, 0.15) is 17.4 Å². The maximum atomic E-state index is 11.2. The number of esters is 1. The summed E-state index contributed by atoms with van der Waals surface area (Å²) in [5, 5.41) is 10.7. The number of para-hydroxylation sites is 1. The summed E-state index contributed by atoms with van der Waals surface area (Å²) in [7, 11) is 0. The van der Waals surface area contributed by atoms with Crippen molar-refractivity contribution in [3.05, 3.63) is 36.1 Å². The molecule has 0 bridgehead atoms. The summed E-state index contributed by atoms with van der Waals surface area (Å²) in [6, 6.07) is 9.18. The topological polar surface area (TPSA) is 59.7 Å². The van der Waals surface area contributed by atoms with E-state index in [2.05, 4.69) is 0 Å². The van der Waals surface area contributed by atoms with E-state index < -0.39 is 12.1 Å². The number of aliphatic hydroxyl groups excluding tert-OH is 1. The summed E-state index contributed by atoms with van der Waals surface area (Å²) in [4.78, 5) is 11.2. The predicted octanol–water partition coefficient (Wildman–Crippen LogP) is 2.42. The van der Waals surface area contributed by atoms with Gasteiger partial charge in [0, 0.05) is 5.39 Å². The Morgan fingerprint density at radius 3 is 2.94 bits per heavy atom. The summed E-state index contributed by atoms with van der Waals surface area (Å²) < 4.78 is 10.2. The highest BCUT2D eigenvalue weighted by atomic mass is 16.5. The van der Waals surface area contributed by atoms with Crippen molar-refractivity contribution >= 4 is 16.9 Å². The summed E-state index contributed by atoms with van der Waals surface area (Å²) in [5.74, 6) is -0.0419. The molecular formula is C13H14O4. The lowest BCUT2D eigenvalue weighted by Crippen LogP contribution is -2.09. The third-order valence-electron chi connectivity index (χ3n) is 2.44. The fourth-order valence-electron chi connectivity index (χ4n) is 1.65. The molecule has 2 rings (SSSR count). The Bertz CT molecular complexity index is 482. The molecule has 0 unspecified atom stereocenters. The van der Waals surface area contributed by atoms with Crippen LogP contribution in [0.1, 0.15) is 25.2 Å². The van der Waals surface area contributed by atoms with E-state index in [1.165, 1.54) is 0 Å². The molecule has 17 heavy (non-hydrogen) atoms. The maximum absolute atomic E-state index is 11.2. The van der Waals surface area contributed by atoms with Crippen LogP contribution in [0.25, 0.3) is 11.0 Å². The van der Waals surface area contributed by atoms with Crippen molar-refractivity contribution in [1.29, 1.82) is 0 Å². The molecule has 1 N–H and O–H groups in total. The number of carbonyl (C=O) groups is 1. The number of hydrogen-bond acceptors (Lipinski definition) is 4. The molecule has 0 aliphatic heterocycles. The zero-order chi connectivity index (χ0) is 12.3. The van der Waals surface area contributed by atoms with Crippen LogP contribution in [0.3, 0.4) is 0 Å². The van der Waals surface area contributed by atoms with E-state index in [-0.39, 0.29) is 6.42 Å². The normalized spacial score (nSPS) is 12.6. The van der Waals surface area contributed by atoms with Crippen molar-refractivity contribution in [2.75, 3.05) is 6.61 Å². The van der Waals surface area contributed by atoms with Gasteiger partial charge in [-0.15, -0.1) is 0 Å². The first kappa shape index (κ1) is 11.7. The molecule has 4 heteroatoms. The van der Waals surface area contributed by atoms with Gasteiger partial charge < -0.3 is 14.3 Å². The zero-order valence-electron chi connectivity index (χ0n) is 9.55. The molecule has 1 aromatic carbocycles. The lowest BCUT2D eigenvalue weighted by Gasteiger charge is -2.06. The molecule has 0 saturated carbocycles. The number of fused-ring (bicyclic) bond motifs is 1. The molecule has 1 aromatic heterocycles. The summed E-state index contributed by atoms with van der Waals surface area (Å²) >= 11 is 0. The van der Waals surface area contributed by atoms with Crippen LogP contribution in [-0.2, 0) is 9.53 Å². The standard InChI is InChI=1S/C13H14O4/c1-2-16-13(15)8-10(14)12-7-9-5-3-4-6-11(9)17-12/h3-7,10,14H,2,8H2,1H3/t10-/m0/s1. The number of carbonyl (C=O) groups excluding carboxylic acids is 1. The Balaban J connectivity index is 2.13. The molecule has 0 saturated heterocycles. The molecule has 0 aliphatic carbocycles. The third kappa shape index (κ3) is 2.65. The minimum absolute atomic E-state index is 0.0896. The Morgan fingerprint density at radius 1 is 1.47 bits per heavy atom. The van der Waals surface area contributed by atoms with Crippen LogP contribution < -0.4 is 0 Å². The van der Waals surface area contributed by atoms with Gasteiger partial charge in [-0.3, -0.25) is 4.79 Å². The predicted molar refractivity (Wildman–Crippen MR) is 62.4 cm³/mol. The molecule has 0 amide bonds. The van der Waals surface area contributed by atoms with Crippen LogP contribution in [-0.4, -0.2) is 17.7 Å². The summed E-state index contributed by atoms with van der Waals surface area (Å²) in [6.45, 7) is 2.04. The van der Waals surface area contributed by atoms with E-state index >= 15 is 0 Å². The van der Waals surface area contributed by atoms with E-state index in [1.807, 2.05) is 24.3 Å². The van der Waals surface area contributed by atoms with E-state index in [9.17, 15) is 9.90 Å². The highest BCUT2D eigenvalue weighted by Gasteiger charge is 2.17. The van der Waals surface area contributed by atoms with Crippen molar-refractivity contribution < 1.29 is 19.1 Å². The Kier molecular flexibility index (Phi) is 3.44. The fraction of sp³-hybridized carbons (Fsp3) is 0.308. The number of hydrogen-bond donors (Lipinski definition) is 1. The van der Waals surface area contributed by atoms with Crippen molar-refractivity contribution in [2.45, 2.75) is 19.4 Å². The minimum Gasteiger partial charge on any atom is -0.466 e. The number of rotatable bonds is 4. The second kappa shape index (κ2) is 5.01. The van der Waals surface area contributed by atoms with Crippen molar-refractivity contribution in [1.82, 2.24) is 0 Å². The van der Waals surface area contributed by atoms with Gasteiger partial charge in [-0.2, -0.15) is 0 Å². The number of aliphatic hydroxyl groups is 1. The second-order valence-corrected chi connectivity index (χ2v) is 3.71. The molecule has 0 radical (unpaired) electrons. The van der Waals surface area contributed by atoms with Gasteiger partial charge in [-0.25, -0.2) is 0 Å². The lowest BCUT2D eigenvalue weighted by molar-refractivity contribution is -0.145. The average molecular weight is 234 g/mol.